The second-order valence-electron chi connectivity index (χ2n) is 9.58. The van der Waals surface area contributed by atoms with Gasteiger partial charge < -0.3 is 20.9 Å². The number of halogens is 1. The van der Waals surface area contributed by atoms with Gasteiger partial charge in [-0.1, -0.05) is 24.3 Å². The van der Waals surface area contributed by atoms with Gasteiger partial charge in [0.2, 0.25) is 5.91 Å². The lowest BCUT2D eigenvalue weighted by Crippen LogP contribution is -2.32. The molecule has 0 aliphatic heterocycles. The van der Waals surface area contributed by atoms with E-state index in [1.165, 1.54) is 12.1 Å². The van der Waals surface area contributed by atoms with Crippen molar-refractivity contribution in [2.45, 2.75) is 25.8 Å². The minimum Gasteiger partial charge on any atom is -0.398 e. The molecule has 37 heavy (non-hydrogen) atoms. The molecule has 1 aliphatic carbocycles. The number of benzene rings is 3. The molecule has 188 valence electrons. The Morgan fingerprint density at radius 3 is 2.49 bits per heavy atom. The maximum absolute atomic E-state index is 13.6. The number of anilines is 1. The van der Waals surface area contributed by atoms with Gasteiger partial charge in [0.25, 0.3) is 5.91 Å². The van der Waals surface area contributed by atoms with Crippen molar-refractivity contribution in [2.75, 3.05) is 5.73 Å². The molecule has 1 aliphatic rings. The normalized spacial score (nSPS) is 13.8. The zero-order valence-corrected chi connectivity index (χ0v) is 20.6. The predicted octanol–water partition coefficient (Wildman–Crippen LogP) is 4.91. The van der Waals surface area contributed by atoms with Gasteiger partial charge in [-0.15, -0.1) is 0 Å². The van der Waals surface area contributed by atoms with Crippen LogP contribution in [0.25, 0.3) is 22.0 Å². The van der Waals surface area contributed by atoms with Crippen LogP contribution in [-0.2, 0) is 11.8 Å². The molecule has 8 heteroatoms. The van der Waals surface area contributed by atoms with E-state index in [0.717, 1.165) is 34.9 Å². The van der Waals surface area contributed by atoms with E-state index in [4.69, 9.17) is 11.1 Å². The fourth-order valence-electron chi connectivity index (χ4n) is 4.49. The highest BCUT2D eigenvalue weighted by molar-refractivity contribution is 6.10. The lowest BCUT2D eigenvalue weighted by atomic mass is 9.99. The molecule has 5 rings (SSSR count). The van der Waals surface area contributed by atoms with Crippen LogP contribution in [0, 0.1) is 17.1 Å². The van der Waals surface area contributed by atoms with Gasteiger partial charge in [0.05, 0.1) is 11.6 Å². The van der Waals surface area contributed by atoms with Gasteiger partial charge in [-0.25, -0.2) is 4.39 Å². The summed E-state index contributed by atoms with van der Waals surface area (Å²) in [5.41, 5.74) is 10.9. The van der Waals surface area contributed by atoms with Crippen molar-refractivity contribution < 1.29 is 14.0 Å². The fraction of sp³-hybridized carbons (Fsp3) is 0.207. The summed E-state index contributed by atoms with van der Waals surface area (Å²) in [6.45, 7) is 1.82. The van der Waals surface area contributed by atoms with Crippen LogP contribution >= 0.6 is 0 Å². The van der Waals surface area contributed by atoms with Crippen molar-refractivity contribution in [3.8, 4) is 11.1 Å². The molecule has 1 aromatic heterocycles. The van der Waals surface area contributed by atoms with Gasteiger partial charge >= 0.3 is 0 Å². The molecule has 0 radical (unpaired) electrons. The number of aromatic nitrogens is 1. The molecular formula is C29H28FN5O2. The maximum Gasteiger partial charge on any atom is 0.253 e. The van der Waals surface area contributed by atoms with Crippen molar-refractivity contribution in [1.29, 1.82) is 5.41 Å². The Labute approximate surface area is 214 Å². The molecule has 2 amide bonds. The van der Waals surface area contributed by atoms with E-state index in [1.807, 2.05) is 42.8 Å². The second kappa shape index (κ2) is 9.54. The number of carbonyl (C=O) groups is 2. The molecule has 5 N–H and O–H groups in total. The van der Waals surface area contributed by atoms with Crippen LogP contribution < -0.4 is 16.4 Å². The number of hydrogen-bond acceptors (Lipinski definition) is 4. The molecule has 4 aromatic rings. The zero-order valence-electron chi connectivity index (χ0n) is 20.6. The first kappa shape index (κ1) is 24.2. The van der Waals surface area contributed by atoms with E-state index in [2.05, 4.69) is 10.6 Å². The molecule has 7 nitrogen and oxygen atoms in total. The number of carbonyl (C=O) groups excluding carboxylic acids is 2. The van der Waals surface area contributed by atoms with E-state index < -0.39 is 0 Å². The Hall–Kier alpha value is -4.46. The molecule has 1 saturated carbocycles. The first-order valence-electron chi connectivity index (χ1n) is 12.2. The largest absolute Gasteiger partial charge is 0.398 e. The average Bonchev–Trinajstić information content (AvgIpc) is 3.67. The highest BCUT2D eigenvalue weighted by atomic mass is 19.1. The highest BCUT2D eigenvalue weighted by Gasteiger charge is 2.30. The summed E-state index contributed by atoms with van der Waals surface area (Å²) in [5, 5.41) is 14.6. The van der Waals surface area contributed by atoms with E-state index in [9.17, 15) is 14.0 Å². The molecule has 0 bridgehead atoms. The standard InChI is InChI=1S/C29H28FN5O2/c1-16(18-4-3-5-21(30)12-18)33-29(37)24-15-35(2)26-11-9-19(13-23(24)26)20-8-10-22(25(31)14-20)27(32)34-28(36)17-6-7-17/h3-5,8-17H,6-7,31H2,1-2H3,(H,33,37)(H2,32,34,36). The van der Waals surface area contributed by atoms with Crippen LogP contribution in [0.2, 0.25) is 0 Å². The SMILES string of the molecule is CC(NC(=O)c1cn(C)c2ccc(-c3ccc(C(=N)NC(=O)C4CC4)c(N)c3)cc12)c1cccc(F)c1. The van der Waals surface area contributed by atoms with Gasteiger partial charge in [-0.05, 0) is 72.9 Å². The number of nitrogens with one attached hydrogen (secondary N) is 3. The summed E-state index contributed by atoms with van der Waals surface area (Å²) >= 11 is 0. The number of nitrogen functional groups attached to an aromatic ring is 1. The number of amidine groups is 1. The third-order valence-electron chi connectivity index (χ3n) is 6.78. The van der Waals surface area contributed by atoms with Crippen molar-refractivity contribution in [2.24, 2.45) is 13.0 Å². The molecular weight excluding hydrogens is 469 g/mol. The Morgan fingerprint density at radius 2 is 1.78 bits per heavy atom. The number of rotatable bonds is 6. The fourth-order valence-corrected chi connectivity index (χ4v) is 4.49. The quantitative estimate of drug-likeness (QED) is 0.172. The predicted molar refractivity (Wildman–Crippen MR) is 143 cm³/mol. The molecule has 3 aromatic carbocycles. The van der Waals surface area contributed by atoms with Gasteiger partial charge in [0, 0.05) is 41.3 Å². The zero-order chi connectivity index (χ0) is 26.3. The van der Waals surface area contributed by atoms with Gasteiger partial charge in [0.1, 0.15) is 11.7 Å². The van der Waals surface area contributed by atoms with Crippen LogP contribution in [0.1, 0.15) is 47.3 Å². The smallest absolute Gasteiger partial charge is 0.253 e. The first-order valence-corrected chi connectivity index (χ1v) is 12.2. The number of amides is 2. The van der Waals surface area contributed by atoms with E-state index in [-0.39, 0.29) is 35.4 Å². The Kier molecular flexibility index (Phi) is 6.25. The lowest BCUT2D eigenvalue weighted by Gasteiger charge is -2.14. The second-order valence-corrected chi connectivity index (χ2v) is 9.58. The number of hydrogen-bond donors (Lipinski definition) is 4. The first-order chi connectivity index (χ1) is 17.7. The third-order valence-corrected chi connectivity index (χ3v) is 6.78. The van der Waals surface area contributed by atoms with Crippen LogP contribution in [0.15, 0.2) is 66.9 Å². The lowest BCUT2D eigenvalue weighted by molar-refractivity contribution is -0.120. The summed E-state index contributed by atoms with van der Waals surface area (Å²) < 4.78 is 15.5. The van der Waals surface area contributed by atoms with Crippen molar-refractivity contribution in [3.63, 3.8) is 0 Å². The van der Waals surface area contributed by atoms with Crippen LogP contribution in [0.4, 0.5) is 10.1 Å². The number of fused-ring (bicyclic) bond motifs is 1. The Morgan fingerprint density at radius 1 is 1.05 bits per heavy atom. The summed E-state index contributed by atoms with van der Waals surface area (Å²) in [4.78, 5) is 25.2. The van der Waals surface area contributed by atoms with Crippen molar-refractivity contribution in [3.05, 3.63) is 89.4 Å². The molecule has 1 fully saturated rings. The molecule has 1 atom stereocenters. The summed E-state index contributed by atoms with van der Waals surface area (Å²) in [7, 11) is 1.88. The summed E-state index contributed by atoms with van der Waals surface area (Å²) in [6.07, 6.45) is 3.50. The average molecular weight is 498 g/mol. The molecule has 1 heterocycles. The Balaban J connectivity index is 1.41. The van der Waals surface area contributed by atoms with Gasteiger partial charge in [0.15, 0.2) is 0 Å². The van der Waals surface area contributed by atoms with Crippen molar-refractivity contribution >= 4 is 34.2 Å². The van der Waals surface area contributed by atoms with E-state index in [0.29, 0.717) is 22.4 Å². The van der Waals surface area contributed by atoms with E-state index in [1.54, 1.807) is 30.5 Å². The third kappa shape index (κ3) is 4.95. The van der Waals surface area contributed by atoms with Crippen molar-refractivity contribution in [1.82, 2.24) is 15.2 Å². The van der Waals surface area contributed by atoms with E-state index >= 15 is 0 Å². The highest BCUT2D eigenvalue weighted by Crippen LogP contribution is 2.31. The summed E-state index contributed by atoms with van der Waals surface area (Å²) in [6, 6.07) is 17.0. The number of aryl methyl sites for hydroxylation is 1. The minimum atomic E-state index is -0.371. The van der Waals surface area contributed by atoms with Gasteiger partial charge in [-0.2, -0.15) is 0 Å². The van der Waals surface area contributed by atoms with Crippen LogP contribution in [-0.4, -0.2) is 22.2 Å². The van der Waals surface area contributed by atoms with Crippen LogP contribution in [0.5, 0.6) is 0 Å². The molecule has 0 spiro atoms. The van der Waals surface area contributed by atoms with Crippen LogP contribution in [0.3, 0.4) is 0 Å². The molecule has 1 unspecified atom stereocenters. The van der Waals surface area contributed by atoms with Gasteiger partial charge in [-0.3, -0.25) is 15.0 Å². The minimum absolute atomic E-state index is 0.00157. The number of nitrogens with two attached hydrogens (primary N) is 1. The summed E-state index contributed by atoms with van der Waals surface area (Å²) in [5.74, 6) is -0.749. The number of nitrogens with zero attached hydrogens (tertiary/aromatic N) is 1. The molecule has 0 saturated heterocycles. The Bertz CT molecular complexity index is 1550. The topological polar surface area (TPSA) is 113 Å². The monoisotopic (exact) mass is 497 g/mol. The maximum atomic E-state index is 13.6.